The number of carbonyl (C=O) groups excluding carboxylic acids is 3. The summed E-state index contributed by atoms with van der Waals surface area (Å²) in [5.74, 6) is -1.48. The number of anilines is 1. The molecule has 0 radical (unpaired) electrons. The minimum Gasteiger partial charge on any atom is -0.488 e. The van der Waals surface area contributed by atoms with Crippen LogP contribution in [0.1, 0.15) is 43.1 Å². The molecule has 0 spiro atoms. The first-order chi connectivity index (χ1) is 22.8. The number of esters is 2. The number of rotatable bonds is 9. The normalized spacial score (nSPS) is 16.2. The summed E-state index contributed by atoms with van der Waals surface area (Å²) in [6.07, 6.45) is 4.03. The van der Waals surface area contributed by atoms with Crippen LogP contribution in [0.4, 0.5) is 10.1 Å². The van der Waals surface area contributed by atoms with Crippen LogP contribution in [0.5, 0.6) is 5.75 Å². The highest BCUT2D eigenvalue weighted by atomic mass is 35.5. The van der Waals surface area contributed by atoms with Crippen molar-refractivity contribution in [2.45, 2.75) is 44.9 Å². The average molecular weight is 676 g/mol. The van der Waals surface area contributed by atoms with Gasteiger partial charge in [0, 0.05) is 30.1 Å². The molecule has 2 heterocycles. The van der Waals surface area contributed by atoms with Crippen molar-refractivity contribution in [3.8, 4) is 22.6 Å². The Morgan fingerprint density at radius 2 is 1.90 bits per heavy atom. The van der Waals surface area contributed by atoms with Crippen molar-refractivity contribution in [3.05, 3.63) is 95.0 Å². The van der Waals surface area contributed by atoms with Crippen LogP contribution >= 0.6 is 11.6 Å². The van der Waals surface area contributed by atoms with Crippen LogP contribution in [0.25, 0.3) is 16.8 Å². The second-order valence-corrected chi connectivity index (χ2v) is 12.5. The second-order valence-electron chi connectivity index (χ2n) is 12.1. The molecule has 2 N–H and O–H groups in total. The summed E-state index contributed by atoms with van der Waals surface area (Å²) in [4.78, 5) is 44.2. The summed E-state index contributed by atoms with van der Waals surface area (Å²) >= 11 is 6.18. The lowest BCUT2D eigenvalue weighted by molar-refractivity contribution is -0.152. The molecular formula is C35H35ClFN5O6. The minimum absolute atomic E-state index is 0.103. The minimum atomic E-state index is -0.893. The van der Waals surface area contributed by atoms with E-state index in [1.807, 2.05) is 30.3 Å². The lowest BCUT2D eigenvalue weighted by Gasteiger charge is -2.21. The third-order valence-electron chi connectivity index (χ3n) is 7.43. The molecule has 11 nitrogen and oxygen atoms in total. The molecule has 1 amide bonds. The molecule has 1 aliphatic heterocycles. The molecule has 4 aromatic rings. The molecule has 5 rings (SSSR count). The predicted octanol–water partition coefficient (Wildman–Crippen LogP) is 5.51. The molecule has 1 aromatic heterocycles. The van der Waals surface area contributed by atoms with Gasteiger partial charge in [0.2, 0.25) is 0 Å². The van der Waals surface area contributed by atoms with E-state index >= 15 is 0 Å². The van der Waals surface area contributed by atoms with E-state index in [2.05, 4.69) is 10.1 Å². The molecule has 48 heavy (non-hydrogen) atoms. The second kappa shape index (κ2) is 14.3. The fourth-order valence-electron chi connectivity index (χ4n) is 5.36. The van der Waals surface area contributed by atoms with Gasteiger partial charge in [-0.2, -0.15) is 5.10 Å². The molecule has 2 atom stereocenters. The number of aromatic nitrogens is 2. The summed E-state index contributed by atoms with van der Waals surface area (Å²) in [5.41, 5.74) is 8.92. The van der Waals surface area contributed by atoms with Gasteiger partial charge in [-0.15, -0.1) is 0 Å². The zero-order valence-corrected chi connectivity index (χ0v) is 27.6. The highest BCUT2D eigenvalue weighted by molar-refractivity contribution is 6.32. The zero-order chi connectivity index (χ0) is 34.6. The van der Waals surface area contributed by atoms with Crippen LogP contribution in [0.3, 0.4) is 0 Å². The third kappa shape index (κ3) is 8.00. The SMILES string of the molecule is COC(=O)C1CC(Oc2cccc(-c3cccc(N)c3C=NCC(=O)OC(C)(C)C)c2)CN1C(=O)c1cnn(-c2ccc(F)cc2Cl)c1. The first-order valence-corrected chi connectivity index (χ1v) is 15.5. The Bertz CT molecular complexity index is 1870. The van der Waals surface area contributed by atoms with E-state index in [9.17, 15) is 18.8 Å². The number of nitrogens with zero attached hydrogens (tertiary/aromatic N) is 4. The number of hydrogen-bond donors (Lipinski definition) is 1. The zero-order valence-electron chi connectivity index (χ0n) is 26.9. The largest absolute Gasteiger partial charge is 0.488 e. The van der Waals surface area contributed by atoms with Crippen molar-refractivity contribution in [2.75, 3.05) is 25.9 Å². The number of hydrogen-bond acceptors (Lipinski definition) is 9. The molecule has 1 saturated heterocycles. The van der Waals surface area contributed by atoms with E-state index in [1.54, 1.807) is 39.1 Å². The lowest BCUT2D eigenvalue weighted by atomic mass is 9.98. The Kier molecular flexibility index (Phi) is 10.1. The fourth-order valence-corrected chi connectivity index (χ4v) is 5.61. The van der Waals surface area contributed by atoms with E-state index in [4.69, 9.17) is 31.5 Å². The first-order valence-electron chi connectivity index (χ1n) is 15.1. The molecule has 0 bridgehead atoms. The maximum Gasteiger partial charge on any atom is 0.328 e. The highest BCUT2D eigenvalue weighted by Gasteiger charge is 2.42. The monoisotopic (exact) mass is 675 g/mol. The number of halogens is 2. The van der Waals surface area contributed by atoms with Crippen LogP contribution in [-0.2, 0) is 19.1 Å². The quantitative estimate of drug-likeness (QED) is 0.139. The number of likely N-dealkylation sites (tertiary alicyclic amines) is 1. The van der Waals surface area contributed by atoms with Crippen LogP contribution in [0, 0.1) is 5.82 Å². The number of carbonyl (C=O) groups is 3. The Balaban J connectivity index is 1.33. The number of nitrogen functional groups attached to an aromatic ring is 1. The number of amides is 1. The Hall–Kier alpha value is -5.23. The summed E-state index contributed by atoms with van der Waals surface area (Å²) in [6.45, 7) is 5.31. The average Bonchev–Trinajstić information content (AvgIpc) is 3.68. The number of ether oxygens (including phenoxy) is 3. The topological polar surface area (TPSA) is 138 Å². The number of methoxy groups -OCH3 is 1. The summed E-state index contributed by atoms with van der Waals surface area (Å²) < 4.78 is 31.6. The smallest absolute Gasteiger partial charge is 0.328 e. The fraction of sp³-hybridized carbons (Fsp3) is 0.286. The maximum atomic E-state index is 13.6. The number of benzene rings is 3. The maximum absolute atomic E-state index is 13.6. The van der Waals surface area contributed by atoms with E-state index in [0.717, 1.165) is 17.2 Å². The Labute approximate surface area is 282 Å². The van der Waals surface area contributed by atoms with Crippen LogP contribution in [0.2, 0.25) is 5.02 Å². The van der Waals surface area contributed by atoms with Crippen LogP contribution in [0.15, 0.2) is 78.0 Å². The Morgan fingerprint density at radius 1 is 1.12 bits per heavy atom. The molecule has 0 aliphatic carbocycles. The summed E-state index contributed by atoms with van der Waals surface area (Å²) in [6, 6.07) is 15.7. The molecule has 2 unspecified atom stereocenters. The van der Waals surface area contributed by atoms with Gasteiger partial charge in [0.05, 0.1) is 36.1 Å². The van der Waals surface area contributed by atoms with Crippen LogP contribution in [-0.4, -0.2) is 76.7 Å². The van der Waals surface area contributed by atoms with Gasteiger partial charge < -0.3 is 24.8 Å². The molecule has 1 aliphatic rings. The molecule has 1 fully saturated rings. The van der Waals surface area contributed by atoms with Crippen molar-refractivity contribution in [3.63, 3.8) is 0 Å². The molecule has 0 saturated carbocycles. The molecule has 3 aromatic carbocycles. The summed E-state index contributed by atoms with van der Waals surface area (Å²) in [5, 5.41) is 4.34. The summed E-state index contributed by atoms with van der Waals surface area (Å²) in [7, 11) is 1.26. The van der Waals surface area contributed by atoms with E-state index in [-0.39, 0.29) is 30.1 Å². The standard InChI is InChI=1S/C35H35ClFN5O6/c1-35(2,3)48-32(43)18-39-17-27-26(9-6-10-29(27)38)21-7-5-8-24(13-21)47-25-15-31(34(45)46-4)41(20-25)33(44)22-16-40-42(19-22)30-12-11-23(37)14-28(30)36/h5-14,16-17,19,25,31H,15,18,20,38H2,1-4H3. The molecule has 250 valence electrons. The van der Waals surface area contributed by atoms with Crippen molar-refractivity contribution in [1.82, 2.24) is 14.7 Å². The van der Waals surface area contributed by atoms with Gasteiger partial charge in [-0.1, -0.05) is 35.9 Å². The number of aliphatic imine (C=N–C) groups is 1. The molecule has 13 heteroatoms. The molecular weight excluding hydrogens is 641 g/mol. The van der Waals surface area contributed by atoms with Gasteiger partial charge in [0.25, 0.3) is 5.91 Å². The highest BCUT2D eigenvalue weighted by Crippen LogP contribution is 2.32. The van der Waals surface area contributed by atoms with E-state index < -0.39 is 41.4 Å². The van der Waals surface area contributed by atoms with Gasteiger partial charge in [0.15, 0.2) is 0 Å². The van der Waals surface area contributed by atoms with Gasteiger partial charge in [-0.05, 0) is 68.3 Å². The van der Waals surface area contributed by atoms with Crippen molar-refractivity contribution < 1.29 is 33.0 Å². The van der Waals surface area contributed by atoms with Gasteiger partial charge in [0.1, 0.15) is 35.9 Å². The van der Waals surface area contributed by atoms with E-state index in [0.29, 0.717) is 22.7 Å². The van der Waals surface area contributed by atoms with Gasteiger partial charge in [-0.3, -0.25) is 14.6 Å². The van der Waals surface area contributed by atoms with Gasteiger partial charge in [-0.25, -0.2) is 13.9 Å². The van der Waals surface area contributed by atoms with Crippen molar-refractivity contribution in [1.29, 1.82) is 0 Å². The number of nitrogens with two attached hydrogens (primary N) is 1. The van der Waals surface area contributed by atoms with Gasteiger partial charge >= 0.3 is 11.9 Å². The third-order valence-corrected chi connectivity index (χ3v) is 7.73. The van der Waals surface area contributed by atoms with Crippen molar-refractivity contribution in [2.24, 2.45) is 4.99 Å². The lowest BCUT2D eigenvalue weighted by Crippen LogP contribution is -2.41. The Morgan fingerprint density at radius 3 is 2.62 bits per heavy atom. The predicted molar refractivity (Wildman–Crippen MR) is 179 cm³/mol. The van der Waals surface area contributed by atoms with E-state index in [1.165, 1.54) is 41.2 Å². The van der Waals surface area contributed by atoms with Crippen molar-refractivity contribution >= 4 is 41.3 Å². The van der Waals surface area contributed by atoms with Crippen LogP contribution < -0.4 is 10.5 Å². The first kappa shape index (κ1) is 34.1.